The summed E-state index contributed by atoms with van der Waals surface area (Å²) in [5.41, 5.74) is 14.7. The van der Waals surface area contributed by atoms with Crippen LogP contribution in [0.25, 0.3) is 0 Å². The molecule has 7 heteroatoms. The molecular weight excluding hydrogens is 356 g/mol. The highest BCUT2D eigenvalue weighted by Gasteiger charge is 2.27. The minimum atomic E-state index is -0.0855. The van der Waals surface area contributed by atoms with E-state index in [4.69, 9.17) is 11.5 Å². The minimum absolute atomic E-state index is 0.0855. The van der Waals surface area contributed by atoms with Crippen molar-refractivity contribution in [1.82, 2.24) is 9.97 Å². The zero-order chi connectivity index (χ0) is 19.6. The fraction of sp³-hybridized carbons (Fsp3) is 0.500. The van der Waals surface area contributed by atoms with E-state index in [-0.39, 0.29) is 5.54 Å². The van der Waals surface area contributed by atoms with E-state index >= 15 is 0 Å². The topological polar surface area (TPSA) is 93.1 Å². The second-order valence-corrected chi connectivity index (χ2v) is 8.92. The number of hydrogen-bond donors (Lipinski definition) is 3. The van der Waals surface area contributed by atoms with Crippen LogP contribution in [0.15, 0.2) is 34.3 Å². The van der Waals surface area contributed by atoms with Gasteiger partial charge in [0.25, 0.3) is 0 Å². The molecule has 0 amide bonds. The van der Waals surface area contributed by atoms with Gasteiger partial charge in [-0.3, -0.25) is 0 Å². The average Bonchev–Trinajstić information content (AvgIpc) is 2.59. The minimum Gasteiger partial charge on any atom is -0.383 e. The predicted octanol–water partition coefficient (Wildman–Crippen LogP) is 3.66. The summed E-state index contributed by atoms with van der Waals surface area (Å²) in [5, 5.41) is 4.22. The molecule has 0 spiro atoms. The molecule has 146 valence electrons. The first-order chi connectivity index (χ1) is 12.7. The van der Waals surface area contributed by atoms with Crippen molar-refractivity contribution in [3.8, 4) is 0 Å². The Morgan fingerprint density at radius 2 is 1.96 bits per heavy atom. The normalized spacial score (nSPS) is 16.6. The van der Waals surface area contributed by atoms with Crippen LogP contribution in [0.5, 0.6) is 0 Å². The van der Waals surface area contributed by atoms with Crippen LogP contribution in [0.3, 0.4) is 0 Å². The van der Waals surface area contributed by atoms with Gasteiger partial charge in [0.2, 0.25) is 0 Å². The molecule has 5 N–H and O–H groups in total. The van der Waals surface area contributed by atoms with Gasteiger partial charge in [-0.15, -0.1) is 0 Å². The van der Waals surface area contributed by atoms with Crippen LogP contribution in [0.1, 0.15) is 39.2 Å². The Morgan fingerprint density at radius 3 is 2.59 bits per heavy atom. The van der Waals surface area contributed by atoms with Crippen molar-refractivity contribution in [2.24, 2.45) is 5.73 Å². The van der Waals surface area contributed by atoms with Crippen molar-refractivity contribution in [2.45, 2.75) is 62.0 Å². The summed E-state index contributed by atoms with van der Waals surface area (Å²) in [6.07, 6.45) is 3.71. The summed E-state index contributed by atoms with van der Waals surface area (Å²) in [6.45, 7) is 10.3. The van der Waals surface area contributed by atoms with E-state index in [9.17, 15) is 0 Å². The summed E-state index contributed by atoms with van der Waals surface area (Å²) >= 11 is 1.56. The molecule has 0 aliphatic carbocycles. The van der Waals surface area contributed by atoms with Crippen LogP contribution in [0.4, 0.5) is 17.3 Å². The van der Waals surface area contributed by atoms with Gasteiger partial charge in [-0.05, 0) is 58.2 Å². The lowest BCUT2D eigenvalue weighted by atomic mass is 9.91. The monoisotopic (exact) mass is 386 g/mol. The van der Waals surface area contributed by atoms with Crippen molar-refractivity contribution in [2.75, 3.05) is 29.0 Å². The van der Waals surface area contributed by atoms with Crippen molar-refractivity contribution >= 4 is 29.1 Å². The van der Waals surface area contributed by atoms with E-state index in [1.54, 1.807) is 11.8 Å². The average molecular weight is 387 g/mol. The number of benzene rings is 1. The van der Waals surface area contributed by atoms with Gasteiger partial charge in [0, 0.05) is 35.3 Å². The highest BCUT2D eigenvalue weighted by Crippen LogP contribution is 2.35. The van der Waals surface area contributed by atoms with Gasteiger partial charge in [0.05, 0.1) is 6.20 Å². The van der Waals surface area contributed by atoms with Crippen LogP contribution in [0.2, 0.25) is 0 Å². The number of nitrogens with two attached hydrogens (primary N) is 2. The highest BCUT2D eigenvalue weighted by atomic mass is 32.2. The molecule has 6 nitrogen and oxygen atoms in total. The maximum atomic E-state index is 6.24. The Balaban J connectivity index is 1.75. The number of nitrogens with zero attached hydrogens (tertiary/aromatic N) is 3. The molecule has 0 saturated carbocycles. The number of rotatable bonds is 5. The molecular formula is C20H30N6S. The molecule has 1 saturated heterocycles. The van der Waals surface area contributed by atoms with Gasteiger partial charge in [0.1, 0.15) is 10.8 Å². The summed E-state index contributed by atoms with van der Waals surface area (Å²) in [4.78, 5) is 12.5. The number of aromatic nitrogens is 2. The van der Waals surface area contributed by atoms with E-state index in [1.165, 1.54) is 5.56 Å². The first-order valence-electron chi connectivity index (χ1n) is 9.45. The largest absolute Gasteiger partial charge is 0.383 e. The third-order valence-corrected chi connectivity index (χ3v) is 6.09. The molecule has 2 aromatic rings. The molecule has 1 aromatic carbocycles. The molecule has 0 atom stereocenters. The third-order valence-electron chi connectivity index (χ3n) is 4.92. The van der Waals surface area contributed by atoms with Crippen LogP contribution in [0, 0.1) is 6.92 Å². The molecule has 0 radical (unpaired) electrons. The predicted molar refractivity (Wildman–Crippen MR) is 115 cm³/mol. The molecule has 2 heterocycles. The van der Waals surface area contributed by atoms with E-state index in [1.807, 2.05) is 6.20 Å². The molecule has 1 aliphatic rings. The first kappa shape index (κ1) is 19.8. The smallest absolute Gasteiger partial charge is 0.158 e. The number of anilines is 3. The zero-order valence-electron chi connectivity index (χ0n) is 16.6. The Labute approximate surface area is 166 Å². The standard InChI is InChI=1S/C20H30N6S/c1-13(2)24-15-6-5-7-16(14(15)3)27-19-18(21)25-17(12-23-19)26-10-8-20(4,22)9-11-26/h5-7,12-13,24H,8-11,22H2,1-4H3,(H2,21,25). The zero-order valence-corrected chi connectivity index (χ0v) is 17.4. The van der Waals surface area contributed by atoms with Crippen molar-refractivity contribution < 1.29 is 0 Å². The second kappa shape index (κ2) is 7.94. The number of hydrogen-bond acceptors (Lipinski definition) is 7. The molecule has 1 aromatic heterocycles. The number of nitrogen functional groups attached to an aromatic ring is 1. The Kier molecular flexibility index (Phi) is 5.81. The van der Waals surface area contributed by atoms with Crippen molar-refractivity contribution in [3.63, 3.8) is 0 Å². The van der Waals surface area contributed by atoms with Crippen LogP contribution in [-0.4, -0.2) is 34.6 Å². The van der Waals surface area contributed by atoms with Crippen LogP contribution < -0.4 is 21.7 Å². The van der Waals surface area contributed by atoms with E-state index in [2.05, 4.69) is 66.1 Å². The Bertz CT molecular complexity index is 795. The second-order valence-electron chi connectivity index (χ2n) is 7.89. The lowest BCUT2D eigenvalue weighted by molar-refractivity contribution is 0.363. The SMILES string of the molecule is Cc1c(NC(C)C)cccc1Sc1ncc(N2CCC(C)(N)CC2)nc1N. The summed E-state index contributed by atoms with van der Waals surface area (Å²) in [6, 6.07) is 6.62. The fourth-order valence-electron chi connectivity index (χ4n) is 3.16. The summed E-state index contributed by atoms with van der Waals surface area (Å²) in [5.74, 6) is 1.31. The number of nitrogens with one attached hydrogen (secondary N) is 1. The molecule has 0 bridgehead atoms. The van der Waals surface area contributed by atoms with E-state index in [0.29, 0.717) is 11.9 Å². The highest BCUT2D eigenvalue weighted by molar-refractivity contribution is 7.99. The summed E-state index contributed by atoms with van der Waals surface area (Å²) < 4.78 is 0. The van der Waals surface area contributed by atoms with Crippen LogP contribution in [-0.2, 0) is 0 Å². The molecule has 27 heavy (non-hydrogen) atoms. The van der Waals surface area contributed by atoms with Gasteiger partial charge >= 0.3 is 0 Å². The van der Waals surface area contributed by atoms with Gasteiger partial charge in [-0.1, -0.05) is 17.8 Å². The molecule has 3 rings (SSSR count). The van der Waals surface area contributed by atoms with Crippen LogP contribution >= 0.6 is 11.8 Å². The van der Waals surface area contributed by atoms with E-state index < -0.39 is 0 Å². The molecule has 0 unspecified atom stereocenters. The van der Waals surface area contributed by atoms with Gasteiger partial charge < -0.3 is 21.7 Å². The molecule has 1 aliphatic heterocycles. The summed E-state index contributed by atoms with van der Waals surface area (Å²) in [7, 11) is 0. The Morgan fingerprint density at radius 1 is 1.26 bits per heavy atom. The van der Waals surface area contributed by atoms with Gasteiger partial charge in [-0.25, -0.2) is 9.97 Å². The number of piperidine rings is 1. The van der Waals surface area contributed by atoms with Crippen molar-refractivity contribution in [3.05, 3.63) is 30.0 Å². The van der Waals surface area contributed by atoms with Gasteiger partial charge in [-0.2, -0.15) is 0 Å². The first-order valence-corrected chi connectivity index (χ1v) is 10.3. The van der Waals surface area contributed by atoms with E-state index in [0.717, 1.165) is 47.4 Å². The van der Waals surface area contributed by atoms with Crippen molar-refractivity contribution in [1.29, 1.82) is 0 Å². The fourth-order valence-corrected chi connectivity index (χ4v) is 4.03. The van der Waals surface area contributed by atoms with Gasteiger partial charge in [0.15, 0.2) is 5.82 Å². The lowest BCUT2D eigenvalue weighted by Crippen LogP contribution is -2.48. The molecule has 1 fully saturated rings. The third kappa shape index (κ3) is 4.84. The maximum Gasteiger partial charge on any atom is 0.158 e. The quantitative estimate of drug-likeness (QED) is 0.722. The lowest BCUT2D eigenvalue weighted by Gasteiger charge is -2.37. The maximum absolute atomic E-state index is 6.24. The Hall–Kier alpha value is -1.99.